The molecule has 2 aromatic rings. The summed E-state index contributed by atoms with van der Waals surface area (Å²) in [6, 6.07) is 7.10. The predicted molar refractivity (Wildman–Crippen MR) is 81.0 cm³/mol. The van der Waals surface area contributed by atoms with E-state index in [2.05, 4.69) is 10.6 Å². The van der Waals surface area contributed by atoms with Crippen LogP contribution in [-0.4, -0.2) is 17.2 Å². The van der Waals surface area contributed by atoms with Crippen LogP contribution in [0.3, 0.4) is 0 Å². The molecule has 22 heavy (non-hydrogen) atoms. The third-order valence-electron chi connectivity index (χ3n) is 3.26. The van der Waals surface area contributed by atoms with Crippen molar-refractivity contribution < 1.29 is 18.7 Å². The number of rotatable bonds is 5. The molecule has 1 heterocycles. The van der Waals surface area contributed by atoms with Crippen LogP contribution in [0.5, 0.6) is 0 Å². The Hall–Kier alpha value is -2.34. The molecule has 0 fully saturated rings. The minimum Gasteiger partial charge on any atom is -0.467 e. The number of halogens is 1. The van der Waals surface area contributed by atoms with Crippen molar-refractivity contribution in [3.8, 4) is 0 Å². The maximum Gasteiger partial charge on any atom is 0.319 e. The van der Waals surface area contributed by atoms with Crippen molar-refractivity contribution in [2.45, 2.75) is 32.4 Å². The lowest BCUT2D eigenvalue weighted by molar-refractivity contribution is 0.130. The summed E-state index contributed by atoms with van der Waals surface area (Å²) < 4.78 is 18.5. The number of benzene rings is 1. The average Bonchev–Trinajstić information content (AvgIpc) is 2.96. The predicted octanol–water partition coefficient (Wildman–Crippen LogP) is 3.36. The summed E-state index contributed by atoms with van der Waals surface area (Å²) in [6.45, 7) is 3.42. The Labute approximate surface area is 128 Å². The third kappa shape index (κ3) is 4.33. The second kappa shape index (κ2) is 7.09. The van der Waals surface area contributed by atoms with Gasteiger partial charge in [0.25, 0.3) is 0 Å². The largest absolute Gasteiger partial charge is 0.467 e. The maximum atomic E-state index is 13.4. The van der Waals surface area contributed by atoms with Crippen LogP contribution in [0.4, 0.5) is 14.9 Å². The zero-order valence-corrected chi connectivity index (χ0v) is 12.5. The highest BCUT2D eigenvalue weighted by atomic mass is 19.1. The number of aliphatic hydroxyl groups is 1. The maximum absolute atomic E-state index is 13.4. The van der Waals surface area contributed by atoms with E-state index in [4.69, 9.17) is 4.42 Å². The molecule has 0 bridgehead atoms. The molecule has 0 aliphatic rings. The molecule has 2 rings (SSSR count). The van der Waals surface area contributed by atoms with E-state index in [1.165, 1.54) is 12.3 Å². The van der Waals surface area contributed by atoms with Gasteiger partial charge in [0.2, 0.25) is 0 Å². The molecule has 2 unspecified atom stereocenters. The first-order valence-corrected chi connectivity index (χ1v) is 7.01. The second-order valence-electron chi connectivity index (χ2n) is 5.23. The van der Waals surface area contributed by atoms with Gasteiger partial charge in [-0.25, -0.2) is 9.18 Å². The molecule has 0 radical (unpaired) electrons. The van der Waals surface area contributed by atoms with Gasteiger partial charge in [-0.15, -0.1) is 0 Å². The molecule has 118 valence electrons. The van der Waals surface area contributed by atoms with Crippen LogP contribution in [0.15, 0.2) is 41.0 Å². The number of hydrogen-bond donors (Lipinski definition) is 3. The Kier molecular flexibility index (Phi) is 5.16. The van der Waals surface area contributed by atoms with E-state index in [-0.39, 0.29) is 11.9 Å². The Bertz CT molecular complexity index is 628. The molecule has 0 saturated heterocycles. The molecule has 5 nitrogen and oxygen atoms in total. The van der Waals surface area contributed by atoms with E-state index in [1.54, 1.807) is 38.1 Å². The van der Waals surface area contributed by atoms with Gasteiger partial charge in [0.1, 0.15) is 17.7 Å². The lowest BCUT2D eigenvalue weighted by Gasteiger charge is -2.17. The van der Waals surface area contributed by atoms with Crippen LogP contribution in [0.1, 0.15) is 30.8 Å². The van der Waals surface area contributed by atoms with E-state index in [9.17, 15) is 14.3 Å². The van der Waals surface area contributed by atoms with Gasteiger partial charge < -0.3 is 20.2 Å². The number of aryl methyl sites for hydroxylation is 1. The summed E-state index contributed by atoms with van der Waals surface area (Å²) in [5, 5.41) is 15.2. The molecular formula is C16H19FN2O3. The van der Waals surface area contributed by atoms with Crippen molar-refractivity contribution in [3.05, 3.63) is 53.7 Å². The van der Waals surface area contributed by atoms with Crippen molar-refractivity contribution in [2.75, 3.05) is 5.32 Å². The molecule has 2 amide bonds. The van der Waals surface area contributed by atoms with E-state index in [0.29, 0.717) is 23.4 Å². The first-order valence-electron chi connectivity index (χ1n) is 7.01. The smallest absolute Gasteiger partial charge is 0.319 e. The normalized spacial score (nSPS) is 13.5. The first kappa shape index (κ1) is 16.0. The lowest BCUT2D eigenvalue weighted by atomic mass is 10.1. The molecular weight excluding hydrogens is 287 g/mol. The number of hydrogen-bond acceptors (Lipinski definition) is 3. The van der Waals surface area contributed by atoms with Crippen LogP contribution in [-0.2, 0) is 0 Å². The van der Waals surface area contributed by atoms with Crippen molar-refractivity contribution in [1.82, 2.24) is 5.32 Å². The highest BCUT2D eigenvalue weighted by molar-refractivity contribution is 5.89. The van der Waals surface area contributed by atoms with Crippen LogP contribution >= 0.6 is 0 Å². The van der Waals surface area contributed by atoms with Gasteiger partial charge in [0, 0.05) is 18.2 Å². The van der Waals surface area contributed by atoms with Crippen LogP contribution in [0.25, 0.3) is 0 Å². The number of furan rings is 1. The topological polar surface area (TPSA) is 74.5 Å². The summed E-state index contributed by atoms with van der Waals surface area (Å²) in [4.78, 5) is 11.8. The highest BCUT2D eigenvalue weighted by Crippen LogP contribution is 2.18. The Balaban J connectivity index is 1.84. The summed E-state index contributed by atoms with van der Waals surface area (Å²) >= 11 is 0. The van der Waals surface area contributed by atoms with Crippen molar-refractivity contribution in [3.63, 3.8) is 0 Å². The van der Waals surface area contributed by atoms with Gasteiger partial charge in [-0.1, -0.05) is 6.07 Å². The molecule has 3 N–H and O–H groups in total. The molecule has 2 atom stereocenters. The lowest BCUT2D eigenvalue weighted by Crippen LogP contribution is -2.37. The fourth-order valence-corrected chi connectivity index (χ4v) is 2.05. The van der Waals surface area contributed by atoms with E-state index in [0.717, 1.165) is 0 Å². The standard InChI is InChI=1S/C16H19FN2O3/c1-10-5-6-12(9-13(10)17)19-16(21)18-11(2)8-14(20)15-4-3-7-22-15/h3-7,9,11,14,20H,8H2,1-2H3,(H2,18,19,21). The van der Waals surface area contributed by atoms with E-state index < -0.39 is 12.1 Å². The van der Waals surface area contributed by atoms with Gasteiger partial charge in [-0.3, -0.25) is 0 Å². The quantitative estimate of drug-likeness (QED) is 0.793. The molecule has 0 saturated carbocycles. The number of anilines is 1. The van der Waals surface area contributed by atoms with Gasteiger partial charge in [0.05, 0.1) is 6.26 Å². The summed E-state index contributed by atoms with van der Waals surface area (Å²) in [7, 11) is 0. The number of carbonyl (C=O) groups excluding carboxylic acids is 1. The minimum atomic E-state index is -0.790. The molecule has 0 aliphatic heterocycles. The highest BCUT2D eigenvalue weighted by Gasteiger charge is 2.16. The molecule has 1 aromatic heterocycles. The van der Waals surface area contributed by atoms with Gasteiger partial charge in [-0.05, 0) is 43.7 Å². The van der Waals surface area contributed by atoms with E-state index in [1.807, 2.05) is 0 Å². The number of carbonyl (C=O) groups is 1. The fourth-order valence-electron chi connectivity index (χ4n) is 2.05. The minimum absolute atomic E-state index is 0.282. The van der Waals surface area contributed by atoms with Gasteiger partial charge in [-0.2, -0.15) is 0 Å². The van der Waals surface area contributed by atoms with Crippen LogP contribution in [0, 0.1) is 12.7 Å². The number of amides is 2. The van der Waals surface area contributed by atoms with Crippen molar-refractivity contribution in [2.24, 2.45) is 0 Å². The van der Waals surface area contributed by atoms with Crippen molar-refractivity contribution >= 4 is 11.7 Å². The second-order valence-corrected chi connectivity index (χ2v) is 5.23. The molecule has 6 heteroatoms. The van der Waals surface area contributed by atoms with Crippen LogP contribution in [0.2, 0.25) is 0 Å². The Morgan fingerprint density at radius 3 is 2.82 bits per heavy atom. The number of nitrogens with one attached hydrogen (secondary N) is 2. The summed E-state index contributed by atoms with van der Waals surface area (Å²) in [6.07, 6.45) is 1.00. The summed E-state index contributed by atoms with van der Waals surface area (Å²) in [5.41, 5.74) is 0.889. The van der Waals surface area contributed by atoms with Gasteiger partial charge in [0.15, 0.2) is 0 Å². The van der Waals surface area contributed by atoms with E-state index >= 15 is 0 Å². The molecule has 0 spiro atoms. The number of aliphatic hydroxyl groups excluding tert-OH is 1. The Morgan fingerprint density at radius 2 is 2.18 bits per heavy atom. The van der Waals surface area contributed by atoms with Gasteiger partial charge >= 0.3 is 6.03 Å². The number of urea groups is 1. The SMILES string of the molecule is Cc1ccc(NC(=O)NC(C)CC(O)c2ccco2)cc1F. The van der Waals surface area contributed by atoms with Crippen LogP contribution < -0.4 is 10.6 Å². The first-order chi connectivity index (χ1) is 10.5. The molecule has 0 aliphatic carbocycles. The zero-order valence-electron chi connectivity index (χ0n) is 12.5. The average molecular weight is 306 g/mol. The third-order valence-corrected chi connectivity index (χ3v) is 3.26. The Morgan fingerprint density at radius 1 is 1.41 bits per heavy atom. The molecule has 1 aromatic carbocycles. The zero-order chi connectivity index (χ0) is 16.1. The monoisotopic (exact) mass is 306 g/mol. The fraction of sp³-hybridized carbons (Fsp3) is 0.312. The van der Waals surface area contributed by atoms with Crippen molar-refractivity contribution in [1.29, 1.82) is 0 Å². The summed E-state index contributed by atoms with van der Waals surface area (Å²) in [5.74, 6) is 0.0775.